The van der Waals surface area contributed by atoms with E-state index >= 15 is 0 Å². The van der Waals surface area contributed by atoms with Crippen LogP contribution in [0.4, 0.5) is 5.95 Å². The summed E-state index contributed by atoms with van der Waals surface area (Å²) >= 11 is 0. The number of benzene rings is 3. The number of anilines is 1. The van der Waals surface area contributed by atoms with Gasteiger partial charge in [0.1, 0.15) is 5.75 Å². The fourth-order valence-electron chi connectivity index (χ4n) is 5.87. The molecule has 0 aliphatic carbocycles. The summed E-state index contributed by atoms with van der Waals surface area (Å²) < 4.78 is 7.59. The predicted octanol–water partition coefficient (Wildman–Crippen LogP) is 5.42. The summed E-state index contributed by atoms with van der Waals surface area (Å²) in [6.07, 6.45) is 2.45. The van der Waals surface area contributed by atoms with E-state index in [9.17, 15) is 10.1 Å². The number of nitrogens with zero attached hydrogens (tertiary/aromatic N) is 6. The number of methoxy groups -OCH3 is 1. The molecule has 42 heavy (non-hydrogen) atoms. The van der Waals surface area contributed by atoms with E-state index < -0.39 is 0 Å². The fourth-order valence-corrected chi connectivity index (χ4v) is 5.87. The standard InChI is InChI=1S/C34H40N6O2/c1-37(33(41)28-10-4-3-5-11-28)26-29(27-14-16-30(42-2)17-15-27)18-23-38-20-9-21-39(25-24-38)34-36-31-12-6-7-13-32(31)40(34)22-8-19-35/h3-7,10-17,29H,8-9,18,20-26H2,1-2H3. The molecule has 0 bridgehead atoms. The second kappa shape index (κ2) is 14.0. The number of ether oxygens (including phenoxy) is 1. The van der Waals surface area contributed by atoms with Gasteiger partial charge in [0.05, 0.1) is 30.6 Å². The molecule has 5 rings (SSSR count). The number of rotatable bonds is 11. The number of para-hydroxylation sites is 2. The molecule has 8 heteroatoms. The van der Waals surface area contributed by atoms with Crippen molar-refractivity contribution in [2.45, 2.75) is 31.7 Å². The number of amides is 1. The molecular formula is C34H40N6O2. The molecule has 0 saturated carbocycles. The molecule has 2 heterocycles. The lowest BCUT2D eigenvalue weighted by Gasteiger charge is -2.28. The summed E-state index contributed by atoms with van der Waals surface area (Å²) in [5.41, 5.74) is 3.98. The van der Waals surface area contributed by atoms with Crippen LogP contribution in [-0.4, -0.2) is 78.7 Å². The third-order valence-electron chi connectivity index (χ3n) is 8.20. The normalized spacial score (nSPS) is 14.7. The highest BCUT2D eigenvalue weighted by Gasteiger charge is 2.23. The molecular weight excluding hydrogens is 524 g/mol. The van der Waals surface area contributed by atoms with Gasteiger partial charge in [-0.15, -0.1) is 0 Å². The SMILES string of the molecule is COc1ccc(C(CCN2CCCN(c3nc4ccccc4n3CCC#N)CC2)CN(C)C(=O)c2ccccc2)cc1. The van der Waals surface area contributed by atoms with Gasteiger partial charge < -0.3 is 24.0 Å². The summed E-state index contributed by atoms with van der Waals surface area (Å²) in [5.74, 6) is 2.03. The molecule has 1 aliphatic heterocycles. The maximum atomic E-state index is 13.2. The molecule has 1 saturated heterocycles. The number of carbonyl (C=O) groups excluding carboxylic acids is 1. The minimum absolute atomic E-state index is 0.0406. The Morgan fingerprint density at radius 3 is 2.50 bits per heavy atom. The second-order valence-electron chi connectivity index (χ2n) is 11.0. The van der Waals surface area contributed by atoms with Crippen LogP contribution < -0.4 is 9.64 Å². The Morgan fingerprint density at radius 2 is 1.74 bits per heavy atom. The highest BCUT2D eigenvalue weighted by atomic mass is 16.5. The van der Waals surface area contributed by atoms with Gasteiger partial charge in [-0.3, -0.25) is 4.79 Å². The van der Waals surface area contributed by atoms with E-state index in [0.717, 1.165) is 68.3 Å². The van der Waals surface area contributed by atoms with Crippen molar-refractivity contribution in [3.05, 3.63) is 90.0 Å². The van der Waals surface area contributed by atoms with Crippen LogP contribution in [0.15, 0.2) is 78.9 Å². The maximum Gasteiger partial charge on any atom is 0.253 e. The van der Waals surface area contributed by atoms with Gasteiger partial charge in [-0.1, -0.05) is 42.5 Å². The number of aromatic nitrogens is 2. The zero-order valence-electron chi connectivity index (χ0n) is 24.7. The Balaban J connectivity index is 1.26. The first-order valence-electron chi connectivity index (χ1n) is 14.8. The van der Waals surface area contributed by atoms with Gasteiger partial charge in [0.2, 0.25) is 5.95 Å². The molecule has 1 amide bonds. The molecule has 1 fully saturated rings. The van der Waals surface area contributed by atoms with Crippen LogP contribution >= 0.6 is 0 Å². The second-order valence-corrected chi connectivity index (χ2v) is 11.0. The summed E-state index contributed by atoms with van der Waals surface area (Å²) in [6.45, 7) is 6.01. The van der Waals surface area contributed by atoms with E-state index in [1.807, 2.05) is 72.6 Å². The summed E-state index contributed by atoms with van der Waals surface area (Å²) in [6, 6.07) is 28.2. The third kappa shape index (κ3) is 6.92. The minimum Gasteiger partial charge on any atom is -0.497 e. The first-order valence-corrected chi connectivity index (χ1v) is 14.8. The van der Waals surface area contributed by atoms with E-state index in [-0.39, 0.29) is 11.8 Å². The largest absolute Gasteiger partial charge is 0.497 e. The molecule has 1 atom stereocenters. The molecule has 218 valence electrons. The van der Waals surface area contributed by atoms with Gasteiger partial charge in [0, 0.05) is 51.3 Å². The molecule has 0 radical (unpaired) electrons. The van der Waals surface area contributed by atoms with Crippen LogP contribution in [0.25, 0.3) is 11.0 Å². The monoisotopic (exact) mass is 564 g/mol. The Bertz CT molecular complexity index is 1490. The minimum atomic E-state index is 0.0406. The number of imidazole rings is 1. The lowest BCUT2D eigenvalue weighted by atomic mass is 9.94. The average Bonchev–Trinajstić information content (AvgIpc) is 3.23. The number of hydrogen-bond donors (Lipinski definition) is 0. The molecule has 4 aromatic rings. The van der Waals surface area contributed by atoms with Crippen LogP contribution in [0, 0.1) is 11.3 Å². The molecule has 8 nitrogen and oxygen atoms in total. The molecule has 0 N–H and O–H groups in total. The summed E-state index contributed by atoms with van der Waals surface area (Å²) in [5, 5.41) is 9.24. The Labute approximate surface area is 248 Å². The number of carbonyl (C=O) groups is 1. The smallest absolute Gasteiger partial charge is 0.253 e. The van der Waals surface area contributed by atoms with E-state index in [1.165, 1.54) is 5.56 Å². The zero-order valence-corrected chi connectivity index (χ0v) is 24.7. The lowest BCUT2D eigenvalue weighted by molar-refractivity contribution is 0.0782. The molecule has 1 aromatic heterocycles. The van der Waals surface area contributed by atoms with Crippen molar-refractivity contribution in [1.82, 2.24) is 19.4 Å². The zero-order chi connectivity index (χ0) is 29.3. The van der Waals surface area contributed by atoms with Crippen molar-refractivity contribution < 1.29 is 9.53 Å². The van der Waals surface area contributed by atoms with Crippen molar-refractivity contribution in [1.29, 1.82) is 5.26 Å². The Morgan fingerprint density at radius 1 is 0.976 bits per heavy atom. The van der Waals surface area contributed by atoms with Crippen LogP contribution in [-0.2, 0) is 6.54 Å². The van der Waals surface area contributed by atoms with Crippen molar-refractivity contribution in [3.63, 3.8) is 0 Å². The number of aryl methyl sites for hydroxylation is 1. The van der Waals surface area contributed by atoms with Crippen LogP contribution in [0.5, 0.6) is 5.75 Å². The number of hydrogen-bond acceptors (Lipinski definition) is 6. The van der Waals surface area contributed by atoms with Crippen LogP contribution in [0.2, 0.25) is 0 Å². The molecule has 1 aliphatic rings. The number of likely N-dealkylation sites (N-methyl/N-ethyl adjacent to an activating group) is 1. The van der Waals surface area contributed by atoms with Gasteiger partial charge in [-0.2, -0.15) is 5.26 Å². The van der Waals surface area contributed by atoms with Crippen LogP contribution in [0.1, 0.15) is 41.1 Å². The predicted molar refractivity (Wildman–Crippen MR) is 167 cm³/mol. The highest BCUT2D eigenvalue weighted by Crippen LogP contribution is 2.27. The maximum absolute atomic E-state index is 13.2. The van der Waals surface area contributed by atoms with E-state index in [1.54, 1.807) is 7.11 Å². The summed E-state index contributed by atoms with van der Waals surface area (Å²) in [7, 11) is 3.58. The van der Waals surface area contributed by atoms with Gasteiger partial charge in [0.25, 0.3) is 5.91 Å². The van der Waals surface area contributed by atoms with Crippen LogP contribution in [0.3, 0.4) is 0 Å². The Hall–Kier alpha value is -4.35. The lowest BCUT2D eigenvalue weighted by Crippen LogP contribution is -2.35. The molecule has 0 spiro atoms. The van der Waals surface area contributed by atoms with Gasteiger partial charge in [-0.05, 0) is 67.9 Å². The third-order valence-corrected chi connectivity index (χ3v) is 8.20. The molecule has 1 unspecified atom stereocenters. The van der Waals surface area contributed by atoms with E-state index in [4.69, 9.17) is 9.72 Å². The van der Waals surface area contributed by atoms with Gasteiger partial charge in [0.15, 0.2) is 0 Å². The van der Waals surface area contributed by atoms with Gasteiger partial charge in [-0.25, -0.2) is 4.98 Å². The highest BCUT2D eigenvalue weighted by molar-refractivity contribution is 5.94. The van der Waals surface area contributed by atoms with Gasteiger partial charge >= 0.3 is 0 Å². The number of fused-ring (bicyclic) bond motifs is 1. The first kappa shape index (κ1) is 29.2. The quantitative estimate of drug-likeness (QED) is 0.242. The molecule has 3 aromatic carbocycles. The van der Waals surface area contributed by atoms with Crippen molar-refractivity contribution in [2.75, 3.05) is 58.3 Å². The van der Waals surface area contributed by atoms with Crippen molar-refractivity contribution in [2.24, 2.45) is 0 Å². The van der Waals surface area contributed by atoms with Crippen molar-refractivity contribution >= 4 is 22.9 Å². The fraction of sp³-hybridized carbons (Fsp3) is 0.382. The van der Waals surface area contributed by atoms with E-state index in [0.29, 0.717) is 25.1 Å². The van der Waals surface area contributed by atoms with Crippen molar-refractivity contribution in [3.8, 4) is 11.8 Å². The number of nitriles is 1. The Kier molecular flexibility index (Phi) is 9.73. The average molecular weight is 565 g/mol. The van der Waals surface area contributed by atoms with E-state index in [2.05, 4.69) is 38.6 Å². The topological polar surface area (TPSA) is 77.6 Å². The first-order chi connectivity index (χ1) is 20.6. The summed E-state index contributed by atoms with van der Waals surface area (Å²) in [4.78, 5) is 24.9.